The number of aryl methyl sites for hydroxylation is 2. The molecule has 19 heavy (non-hydrogen) atoms. The Kier molecular flexibility index (Phi) is 5.36. The third kappa shape index (κ3) is 4.30. The van der Waals surface area contributed by atoms with Crippen molar-refractivity contribution in [3.05, 3.63) is 40.4 Å². The molecule has 0 spiro atoms. The molecule has 1 heterocycles. The van der Waals surface area contributed by atoms with Crippen molar-refractivity contribution < 1.29 is 0 Å². The zero-order valence-electron chi connectivity index (χ0n) is 11.5. The molecule has 1 atom stereocenters. The van der Waals surface area contributed by atoms with Crippen molar-refractivity contribution in [2.45, 2.75) is 31.2 Å². The minimum atomic E-state index is 0.361. The molecule has 0 radical (unpaired) electrons. The van der Waals surface area contributed by atoms with Gasteiger partial charge in [-0.1, -0.05) is 59.9 Å². The Hall–Kier alpha value is -0.910. The van der Waals surface area contributed by atoms with E-state index in [2.05, 4.69) is 53.6 Å². The van der Waals surface area contributed by atoms with E-state index in [1.54, 1.807) is 23.1 Å². The summed E-state index contributed by atoms with van der Waals surface area (Å²) in [6, 6.07) is 9.10. The van der Waals surface area contributed by atoms with Crippen LogP contribution in [0.1, 0.15) is 29.1 Å². The maximum atomic E-state index is 4.16. The molecule has 0 aliphatic carbocycles. The first-order valence-corrected chi connectivity index (χ1v) is 8.22. The van der Waals surface area contributed by atoms with Crippen LogP contribution in [0.15, 0.2) is 28.6 Å². The molecule has 2 rings (SSSR count). The summed E-state index contributed by atoms with van der Waals surface area (Å²) in [7, 11) is 0. The Morgan fingerprint density at radius 3 is 2.53 bits per heavy atom. The lowest BCUT2D eigenvalue weighted by Gasteiger charge is -2.17. The van der Waals surface area contributed by atoms with Gasteiger partial charge in [-0.25, -0.2) is 0 Å². The van der Waals surface area contributed by atoms with E-state index in [9.17, 15) is 0 Å². The van der Waals surface area contributed by atoms with Gasteiger partial charge < -0.3 is 5.32 Å². The van der Waals surface area contributed by atoms with Gasteiger partial charge in [0.1, 0.15) is 5.01 Å². The van der Waals surface area contributed by atoms with Gasteiger partial charge in [0.05, 0.1) is 0 Å². The lowest BCUT2D eigenvalue weighted by molar-refractivity contribution is 0.606. The van der Waals surface area contributed by atoms with Crippen molar-refractivity contribution in [3.8, 4) is 0 Å². The molecule has 2 aromatic rings. The first-order chi connectivity index (χ1) is 9.19. The molecule has 5 heteroatoms. The van der Waals surface area contributed by atoms with E-state index in [4.69, 9.17) is 0 Å². The van der Waals surface area contributed by atoms with Crippen LogP contribution in [0, 0.1) is 13.8 Å². The van der Waals surface area contributed by atoms with Gasteiger partial charge in [0.15, 0.2) is 4.34 Å². The number of hydrogen-bond donors (Lipinski definition) is 1. The number of thioether (sulfide) groups is 1. The van der Waals surface area contributed by atoms with Crippen LogP contribution < -0.4 is 5.32 Å². The van der Waals surface area contributed by atoms with E-state index in [-0.39, 0.29) is 0 Å². The van der Waals surface area contributed by atoms with Crippen molar-refractivity contribution in [1.29, 1.82) is 0 Å². The summed E-state index contributed by atoms with van der Waals surface area (Å²) >= 11 is 3.43. The minimum absolute atomic E-state index is 0.361. The molecule has 0 saturated carbocycles. The van der Waals surface area contributed by atoms with Crippen LogP contribution in [-0.2, 0) is 0 Å². The molecule has 0 saturated heterocycles. The SMILES string of the molecule is CCNC(CSc1nnc(C)s1)c1ccc(C)cc1. The minimum Gasteiger partial charge on any atom is -0.309 e. The van der Waals surface area contributed by atoms with Crippen molar-refractivity contribution in [2.75, 3.05) is 12.3 Å². The monoisotopic (exact) mass is 293 g/mol. The maximum absolute atomic E-state index is 4.16. The third-order valence-corrected chi connectivity index (χ3v) is 4.88. The normalized spacial score (nSPS) is 12.6. The summed E-state index contributed by atoms with van der Waals surface area (Å²) in [6.07, 6.45) is 0. The average Bonchev–Trinajstić information content (AvgIpc) is 2.81. The summed E-state index contributed by atoms with van der Waals surface area (Å²) in [4.78, 5) is 0. The molecular weight excluding hydrogens is 274 g/mol. The van der Waals surface area contributed by atoms with Gasteiger partial charge in [-0.15, -0.1) is 10.2 Å². The smallest absolute Gasteiger partial charge is 0.174 e. The Labute approximate surface area is 122 Å². The Morgan fingerprint density at radius 1 is 1.21 bits per heavy atom. The molecule has 1 unspecified atom stereocenters. The summed E-state index contributed by atoms with van der Waals surface area (Å²) in [5.41, 5.74) is 2.63. The van der Waals surface area contributed by atoms with Gasteiger partial charge in [0.25, 0.3) is 0 Å². The molecular formula is C14H19N3S2. The molecule has 0 aliphatic heterocycles. The van der Waals surface area contributed by atoms with Gasteiger partial charge in [0.2, 0.25) is 0 Å². The molecule has 1 N–H and O–H groups in total. The van der Waals surface area contributed by atoms with Crippen molar-refractivity contribution in [1.82, 2.24) is 15.5 Å². The first-order valence-electron chi connectivity index (χ1n) is 6.42. The second-order valence-corrected chi connectivity index (χ2v) is 6.87. The van der Waals surface area contributed by atoms with Crippen LogP contribution >= 0.6 is 23.1 Å². The fraction of sp³-hybridized carbons (Fsp3) is 0.429. The van der Waals surface area contributed by atoms with Gasteiger partial charge in [0, 0.05) is 11.8 Å². The third-order valence-electron chi connectivity index (χ3n) is 2.81. The standard InChI is InChI=1S/C14H19N3S2/c1-4-15-13(12-7-5-10(2)6-8-12)9-18-14-17-16-11(3)19-14/h5-8,13,15H,4,9H2,1-3H3. The highest BCUT2D eigenvalue weighted by Crippen LogP contribution is 2.27. The molecule has 0 fully saturated rings. The number of hydrogen-bond acceptors (Lipinski definition) is 5. The predicted octanol–water partition coefficient (Wildman–Crippen LogP) is 3.60. The van der Waals surface area contributed by atoms with E-state index >= 15 is 0 Å². The van der Waals surface area contributed by atoms with Crippen LogP contribution in [-0.4, -0.2) is 22.5 Å². The molecule has 0 amide bonds. The molecule has 1 aromatic heterocycles. The second kappa shape index (κ2) is 7.03. The highest BCUT2D eigenvalue weighted by Gasteiger charge is 2.12. The number of nitrogens with zero attached hydrogens (tertiary/aromatic N) is 2. The van der Waals surface area contributed by atoms with Gasteiger partial charge in [-0.3, -0.25) is 0 Å². The number of benzene rings is 1. The zero-order chi connectivity index (χ0) is 13.7. The van der Waals surface area contributed by atoms with Crippen LogP contribution in [0.4, 0.5) is 0 Å². The number of nitrogens with one attached hydrogen (secondary N) is 1. The topological polar surface area (TPSA) is 37.8 Å². The van der Waals surface area contributed by atoms with Crippen molar-refractivity contribution >= 4 is 23.1 Å². The number of rotatable bonds is 6. The largest absolute Gasteiger partial charge is 0.309 e. The fourth-order valence-electron chi connectivity index (χ4n) is 1.81. The lowest BCUT2D eigenvalue weighted by Crippen LogP contribution is -2.22. The predicted molar refractivity (Wildman–Crippen MR) is 83.0 cm³/mol. The molecule has 1 aromatic carbocycles. The molecule has 3 nitrogen and oxygen atoms in total. The summed E-state index contributed by atoms with van der Waals surface area (Å²) < 4.78 is 1.05. The molecule has 102 valence electrons. The van der Waals surface area contributed by atoms with Crippen molar-refractivity contribution in [2.24, 2.45) is 0 Å². The van der Waals surface area contributed by atoms with Crippen LogP contribution in [0.5, 0.6) is 0 Å². The molecule has 0 bridgehead atoms. The van der Waals surface area contributed by atoms with E-state index in [1.165, 1.54) is 11.1 Å². The highest BCUT2D eigenvalue weighted by molar-refractivity contribution is 8.01. The average molecular weight is 293 g/mol. The fourth-order valence-corrected chi connectivity index (χ4v) is 3.75. The maximum Gasteiger partial charge on any atom is 0.174 e. The van der Waals surface area contributed by atoms with E-state index < -0.39 is 0 Å². The summed E-state index contributed by atoms with van der Waals surface area (Å²) in [5.74, 6) is 0.978. The van der Waals surface area contributed by atoms with E-state index in [1.807, 2.05) is 6.92 Å². The summed E-state index contributed by atoms with van der Waals surface area (Å²) in [6.45, 7) is 7.21. The van der Waals surface area contributed by atoms with Crippen LogP contribution in [0.3, 0.4) is 0 Å². The second-order valence-electron chi connectivity index (χ2n) is 4.42. The van der Waals surface area contributed by atoms with E-state index in [0.717, 1.165) is 21.6 Å². The van der Waals surface area contributed by atoms with Gasteiger partial charge in [-0.2, -0.15) is 0 Å². The van der Waals surface area contributed by atoms with Crippen molar-refractivity contribution in [3.63, 3.8) is 0 Å². The Bertz CT molecular complexity index is 508. The van der Waals surface area contributed by atoms with Crippen LogP contribution in [0.2, 0.25) is 0 Å². The van der Waals surface area contributed by atoms with Crippen LogP contribution in [0.25, 0.3) is 0 Å². The highest BCUT2D eigenvalue weighted by atomic mass is 32.2. The lowest BCUT2D eigenvalue weighted by atomic mass is 10.1. The first kappa shape index (κ1) is 14.5. The Morgan fingerprint density at radius 2 is 1.95 bits per heavy atom. The quantitative estimate of drug-likeness (QED) is 0.826. The van der Waals surface area contributed by atoms with E-state index in [0.29, 0.717) is 6.04 Å². The van der Waals surface area contributed by atoms with Gasteiger partial charge >= 0.3 is 0 Å². The number of aromatic nitrogens is 2. The van der Waals surface area contributed by atoms with Gasteiger partial charge in [-0.05, 0) is 26.0 Å². The molecule has 0 aliphatic rings. The summed E-state index contributed by atoms with van der Waals surface area (Å²) in [5, 5.41) is 12.8. The zero-order valence-corrected chi connectivity index (χ0v) is 13.1. The Balaban J connectivity index is 2.01.